The first-order valence-corrected chi connectivity index (χ1v) is 6.37. The van der Waals surface area contributed by atoms with Crippen LogP contribution in [-0.4, -0.2) is 14.7 Å². The van der Waals surface area contributed by atoms with Crippen LogP contribution in [0.3, 0.4) is 0 Å². The van der Waals surface area contributed by atoms with Gasteiger partial charge in [-0.1, -0.05) is 0 Å². The van der Waals surface area contributed by atoms with Crippen molar-refractivity contribution in [3.8, 4) is 0 Å². The Bertz CT molecular complexity index is 661. The SMILES string of the molecule is Cc1cc(NCc2cnn(C)c2C)c([N+](=O)[O-])cc1C. The van der Waals surface area contributed by atoms with E-state index in [1.165, 1.54) is 0 Å². The third kappa shape index (κ3) is 2.64. The van der Waals surface area contributed by atoms with Gasteiger partial charge in [-0.05, 0) is 38.0 Å². The van der Waals surface area contributed by atoms with Crippen LogP contribution in [0, 0.1) is 30.9 Å². The van der Waals surface area contributed by atoms with Gasteiger partial charge in [0, 0.05) is 30.9 Å². The molecule has 0 aliphatic carbocycles. The molecular weight excluding hydrogens is 256 g/mol. The third-order valence-electron chi connectivity index (χ3n) is 3.61. The van der Waals surface area contributed by atoms with Crippen LogP contribution in [0.1, 0.15) is 22.4 Å². The number of nitro benzene ring substituents is 1. The van der Waals surface area contributed by atoms with Crippen LogP contribution in [0.15, 0.2) is 18.3 Å². The zero-order valence-corrected chi connectivity index (χ0v) is 12.1. The number of anilines is 1. The molecule has 1 N–H and O–H groups in total. The predicted octanol–water partition coefficient (Wildman–Crippen LogP) is 2.87. The van der Waals surface area contributed by atoms with Gasteiger partial charge in [0.25, 0.3) is 5.69 Å². The molecule has 2 rings (SSSR count). The monoisotopic (exact) mass is 274 g/mol. The van der Waals surface area contributed by atoms with Gasteiger partial charge in [0.05, 0.1) is 11.1 Å². The Balaban J connectivity index is 2.27. The van der Waals surface area contributed by atoms with Crippen molar-refractivity contribution in [1.29, 1.82) is 0 Å². The number of hydrogen-bond acceptors (Lipinski definition) is 4. The van der Waals surface area contributed by atoms with E-state index in [1.54, 1.807) is 16.9 Å². The highest BCUT2D eigenvalue weighted by molar-refractivity contribution is 5.64. The zero-order valence-electron chi connectivity index (χ0n) is 12.1. The molecule has 0 bridgehead atoms. The summed E-state index contributed by atoms with van der Waals surface area (Å²) in [7, 11) is 1.87. The van der Waals surface area contributed by atoms with Crippen molar-refractivity contribution >= 4 is 11.4 Å². The Morgan fingerprint density at radius 2 is 1.95 bits per heavy atom. The van der Waals surface area contributed by atoms with E-state index in [0.717, 1.165) is 22.4 Å². The van der Waals surface area contributed by atoms with Gasteiger partial charge < -0.3 is 5.32 Å². The molecule has 2 aromatic rings. The van der Waals surface area contributed by atoms with Crippen molar-refractivity contribution in [3.05, 3.63) is 50.8 Å². The average Bonchev–Trinajstić information content (AvgIpc) is 2.71. The van der Waals surface area contributed by atoms with Crippen molar-refractivity contribution in [2.45, 2.75) is 27.3 Å². The Morgan fingerprint density at radius 3 is 2.50 bits per heavy atom. The Kier molecular flexibility index (Phi) is 3.74. The van der Waals surface area contributed by atoms with Crippen molar-refractivity contribution in [2.24, 2.45) is 7.05 Å². The molecule has 0 aliphatic heterocycles. The van der Waals surface area contributed by atoms with Gasteiger partial charge in [-0.3, -0.25) is 14.8 Å². The Labute approximate surface area is 117 Å². The second-order valence-electron chi connectivity index (χ2n) is 4.94. The molecule has 20 heavy (non-hydrogen) atoms. The minimum atomic E-state index is -0.356. The van der Waals surface area contributed by atoms with Crippen LogP contribution < -0.4 is 5.32 Å². The van der Waals surface area contributed by atoms with Gasteiger partial charge in [0.1, 0.15) is 5.69 Å². The molecule has 0 atom stereocenters. The van der Waals surface area contributed by atoms with Crippen LogP contribution in [-0.2, 0) is 13.6 Å². The van der Waals surface area contributed by atoms with Crippen molar-refractivity contribution in [3.63, 3.8) is 0 Å². The first-order chi connectivity index (χ1) is 9.40. The summed E-state index contributed by atoms with van der Waals surface area (Å²) < 4.78 is 1.78. The molecule has 0 spiro atoms. The Hall–Kier alpha value is -2.37. The highest BCUT2D eigenvalue weighted by Gasteiger charge is 2.15. The predicted molar refractivity (Wildman–Crippen MR) is 77.8 cm³/mol. The third-order valence-corrected chi connectivity index (χ3v) is 3.61. The van der Waals surface area contributed by atoms with E-state index >= 15 is 0 Å². The van der Waals surface area contributed by atoms with Crippen LogP contribution in [0.25, 0.3) is 0 Å². The number of nitrogens with one attached hydrogen (secondary N) is 1. The zero-order chi connectivity index (χ0) is 14.9. The second kappa shape index (κ2) is 5.32. The van der Waals surface area contributed by atoms with E-state index in [2.05, 4.69) is 10.4 Å². The van der Waals surface area contributed by atoms with Gasteiger partial charge in [0.15, 0.2) is 0 Å². The van der Waals surface area contributed by atoms with Crippen molar-refractivity contribution in [1.82, 2.24) is 9.78 Å². The van der Waals surface area contributed by atoms with E-state index in [9.17, 15) is 10.1 Å². The maximum atomic E-state index is 11.1. The molecule has 6 heteroatoms. The highest BCUT2D eigenvalue weighted by atomic mass is 16.6. The van der Waals surface area contributed by atoms with Crippen LogP contribution in [0.5, 0.6) is 0 Å². The summed E-state index contributed by atoms with van der Waals surface area (Å²) in [4.78, 5) is 10.8. The number of hydrogen-bond donors (Lipinski definition) is 1. The number of aromatic nitrogens is 2. The van der Waals surface area contributed by atoms with E-state index in [0.29, 0.717) is 12.2 Å². The topological polar surface area (TPSA) is 73.0 Å². The number of benzene rings is 1. The normalized spacial score (nSPS) is 10.6. The van der Waals surface area contributed by atoms with Gasteiger partial charge in [-0.15, -0.1) is 0 Å². The second-order valence-corrected chi connectivity index (χ2v) is 4.94. The molecule has 0 fully saturated rings. The smallest absolute Gasteiger partial charge is 0.292 e. The molecule has 1 heterocycles. The lowest BCUT2D eigenvalue weighted by Crippen LogP contribution is -2.05. The molecule has 1 aromatic carbocycles. The minimum Gasteiger partial charge on any atom is -0.375 e. The summed E-state index contributed by atoms with van der Waals surface area (Å²) >= 11 is 0. The van der Waals surface area contributed by atoms with Crippen molar-refractivity contribution in [2.75, 3.05) is 5.32 Å². The molecule has 0 saturated carbocycles. The molecule has 6 nitrogen and oxygen atoms in total. The lowest BCUT2D eigenvalue weighted by Gasteiger charge is -2.09. The number of nitro groups is 1. The van der Waals surface area contributed by atoms with E-state index in [1.807, 2.05) is 33.9 Å². The fourth-order valence-corrected chi connectivity index (χ4v) is 2.00. The standard InChI is InChI=1S/C14H18N4O2/c1-9-5-13(14(18(19)20)6-10(9)2)15-7-12-8-16-17(4)11(12)3/h5-6,8,15H,7H2,1-4H3. The minimum absolute atomic E-state index is 0.106. The van der Waals surface area contributed by atoms with Crippen molar-refractivity contribution < 1.29 is 4.92 Å². The van der Waals surface area contributed by atoms with E-state index in [4.69, 9.17) is 0 Å². The summed E-state index contributed by atoms with van der Waals surface area (Å²) in [6.07, 6.45) is 1.77. The number of aryl methyl sites for hydroxylation is 3. The molecule has 0 saturated heterocycles. The van der Waals surface area contributed by atoms with Gasteiger partial charge in [0.2, 0.25) is 0 Å². The summed E-state index contributed by atoms with van der Waals surface area (Å²) in [5.74, 6) is 0. The summed E-state index contributed by atoms with van der Waals surface area (Å²) in [5.41, 5.74) is 4.67. The molecule has 0 amide bonds. The maximum absolute atomic E-state index is 11.1. The molecule has 0 radical (unpaired) electrons. The number of nitrogens with zero attached hydrogens (tertiary/aromatic N) is 3. The lowest BCUT2D eigenvalue weighted by molar-refractivity contribution is -0.384. The molecule has 0 aliphatic rings. The average molecular weight is 274 g/mol. The lowest BCUT2D eigenvalue weighted by atomic mass is 10.1. The summed E-state index contributed by atoms with van der Waals surface area (Å²) in [6.45, 7) is 6.30. The van der Waals surface area contributed by atoms with Crippen LogP contribution >= 0.6 is 0 Å². The largest absolute Gasteiger partial charge is 0.375 e. The fourth-order valence-electron chi connectivity index (χ4n) is 2.00. The summed E-state index contributed by atoms with van der Waals surface area (Å²) in [6, 6.07) is 3.42. The maximum Gasteiger partial charge on any atom is 0.292 e. The van der Waals surface area contributed by atoms with Gasteiger partial charge in [-0.2, -0.15) is 5.10 Å². The first kappa shape index (κ1) is 14.0. The van der Waals surface area contributed by atoms with Gasteiger partial charge >= 0.3 is 0 Å². The first-order valence-electron chi connectivity index (χ1n) is 6.37. The number of rotatable bonds is 4. The highest BCUT2D eigenvalue weighted by Crippen LogP contribution is 2.28. The van der Waals surface area contributed by atoms with Gasteiger partial charge in [-0.25, -0.2) is 0 Å². The van der Waals surface area contributed by atoms with Crippen LogP contribution in [0.2, 0.25) is 0 Å². The quantitative estimate of drug-likeness (QED) is 0.687. The Morgan fingerprint density at radius 1 is 1.30 bits per heavy atom. The van der Waals surface area contributed by atoms with E-state index in [-0.39, 0.29) is 10.6 Å². The molecule has 106 valence electrons. The molecular formula is C14H18N4O2. The van der Waals surface area contributed by atoms with Crippen LogP contribution in [0.4, 0.5) is 11.4 Å². The molecule has 0 unspecified atom stereocenters. The fraction of sp³-hybridized carbons (Fsp3) is 0.357. The summed E-state index contributed by atoms with van der Waals surface area (Å²) in [5, 5.41) is 18.4. The van der Waals surface area contributed by atoms with E-state index < -0.39 is 0 Å². The molecule has 1 aromatic heterocycles.